The molecule has 0 amide bonds. The van der Waals surface area contributed by atoms with Gasteiger partial charge < -0.3 is 14.2 Å². The standard InChI is InChI=1S/C55H94O6/c1-4-7-10-13-16-19-22-24-26-27-29-31-34-36-39-42-45-48-54(57)60-51-52(61-55(58)49-46-43-40-37-32-21-18-15-12-9-6-3)50-59-53(56)47-44-41-38-35-33-30-28-25-23-20-17-14-11-8-5-2/h16-17,19-20,24-26,28-29,31,33,35,52H,4-15,18,21-23,27,30,32,34,36-51H2,1-3H3/b19-16-,20-17-,26-24-,28-25-,31-29-,35-33-/t52-/m0/s1. The van der Waals surface area contributed by atoms with Crippen molar-refractivity contribution < 1.29 is 28.6 Å². The molecule has 0 aromatic carbocycles. The fourth-order valence-electron chi connectivity index (χ4n) is 6.81. The van der Waals surface area contributed by atoms with E-state index >= 15 is 0 Å². The molecule has 0 fully saturated rings. The molecule has 0 spiro atoms. The van der Waals surface area contributed by atoms with Crippen LogP contribution in [0.1, 0.15) is 239 Å². The molecule has 1 atom stereocenters. The van der Waals surface area contributed by atoms with Crippen LogP contribution in [-0.2, 0) is 28.6 Å². The molecular weight excluding hydrogens is 757 g/mol. The predicted molar refractivity (Wildman–Crippen MR) is 261 cm³/mol. The van der Waals surface area contributed by atoms with Crippen molar-refractivity contribution in [3.05, 3.63) is 72.9 Å². The molecule has 6 nitrogen and oxygen atoms in total. The number of hydrogen-bond donors (Lipinski definition) is 0. The van der Waals surface area contributed by atoms with Crippen molar-refractivity contribution in [1.29, 1.82) is 0 Å². The van der Waals surface area contributed by atoms with Crippen molar-refractivity contribution in [1.82, 2.24) is 0 Å². The van der Waals surface area contributed by atoms with Crippen molar-refractivity contribution in [2.45, 2.75) is 245 Å². The van der Waals surface area contributed by atoms with E-state index in [1.165, 1.54) is 103 Å². The van der Waals surface area contributed by atoms with Crippen LogP contribution < -0.4 is 0 Å². The minimum Gasteiger partial charge on any atom is -0.462 e. The Morgan fingerprint density at radius 1 is 0.328 bits per heavy atom. The maximum atomic E-state index is 12.8. The Bertz CT molecular complexity index is 1160. The van der Waals surface area contributed by atoms with Crippen LogP contribution in [0.4, 0.5) is 0 Å². The predicted octanol–water partition coefficient (Wildman–Crippen LogP) is 16.6. The minimum absolute atomic E-state index is 0.0981. The van der Waals surface area contributed by atoms with Gasteiger partial charge in [0, 0.05) is 19.3 Å². The Morgan fingerprint density at radius 2 is 0.590 bits per heavy atom. The highest BCUT2D eigenvalue weighted by Crippen LogP contribution is 2.14. The second-order valence-corrected chi connectivity index (χ2v) is 16.7. The molecule has 0 aromatic heterocycles. The van der Waals surface area contributed by atoms with Crippen LogP contribution in [-0.4, -0.2) is 37.2 Å². The number of rotatable bonds is 45. The summed E-state index contributed by atoms with van der Waals surface area (Å²) in [5.74, 6) is -0.957. The molecule has 6 heteroatoms. The highest BCUT2D eigenvalue weighted by Gasteiger charge is 2.19. The summed E-state index contributed by atoms with van der Waals surface area (Å²) in [5.41, 5.74) is 0. The third-order valence-corrected chi connectivity index (χ3v) is 10.7. The lowest BCUT2D eigenvalue weighted by Gasteiger charge is -2.18. The molecule has 0 aliphatic carbocycles. The van der Waals surface area contributed by atoms with Gasteiger partial charge in [0.15, 0.2) is 6.10 Å². The molecule has 0 unspecified atom stereocenters. The first-order chi connectivity index (χ1) is 30.0. The smallest absolute Gasteiger partial charge is 0.306 e. The van der Waals surface area contributed by atoms with Crippen molar-refractivity contribution >= 4 is 17.9 Å². The Morgan fingerprint density at radius 3 is 0.984 bits per heavy atom. The van der Waals surface area contributed by atoms with E-state index in [4.69, 9.17) is 14.2 Å². The molecule has 0 N–H and O–H groups in total. The number of ether oxygens (including phenoxy) is 3. The van der Waals surface area contributed by atoms with Gasteiger partial charge in [-0.1, -0.05) is 196 Å². The van der Waals surface area contributed by atoms with Crippen LogP contribution in [0, 0.1) is 0 Å². The van der Waals surface area contributed by atoms with Crippen molar-refractivity contribution in [3.63, 3.8) is 0 Å². The van der Waals surface area contributed by atoms with Gasteiger partial charge in [0.05, 0.1) is 0 Å². The number of esters is 3. The van der Waals surface area contributed by atoms with Gasteiger partial charge in [-0.25, -0.2) is 0 Å². The zero-order chi connectivity index (χ0) is 44.4. The first-order valence-corrected chi connectivity index (χ1v) is 25.4. The zero-order valence-corrected chi connectivity index (χ0v) is 39.9. The third-order valence-electron chi connectivity index (χ3n) is 10.7. The van der Waals surface area contributed by atoms with Gasteiger partial charge >= 0.3 is 17.9 Å². The summed E-state index contributed by atoms with van der Waals surface area (Å²) in [7, 11) is 0. The van der Waals surface area contributed by atoms with Gasteiger partial charge in [0.1, 0.15) is 13.2 Å². The second kappa shape index (κ2) is 49.5. The van der Waals surface area contributed by atoms with Crippen LogP contribution >= 0.6 is 0 Å². The largest absolute Gasteiger partial charge is 0.462 e. The van der Waals surface area contributed by atoms with Crippen LogP contribution in [0.5, 0.6) is 0 Å². The molecule has 0 saturated carbocycles. The summed E-state index contributed by atoms with van der Waals surface area (Å²) in [5, 5.41) is 0. The van der Waals surface area contributed by atoms with E-state index in [0.717, 1.165) is 96.3 Å². The molecule has 0 aromatic rings. The van der Waals surface area contributed by atoms with E-state index in [1.54, 1.807) is 0 Å². The lowest BCUT2D eigenvalue weighted by molar-refractivity contribution is -0.167. The lowest BCUT2D eigenvalue weighted by Crippen LogP contribution is -2.30. The third kappa shape index (κ3) is 47.7. The summed E-state index contributed by atoms with van der Waals surface area (Å²) in [6.07, 6.45) is 61.7. The normalized spacial score (nSPS) is 12.6. The molecule has 0 heterocycles. The fraction of sp³-hybridized carbons (Fsp3) is 0.727. The zero-order valence-electron chi connectivity index (χ0n) is 39.9. The number of hydrogen-bond acceptors (Lipinski definition) is 6. The summed E-state index contributed by atoms with van der Waals surface area (Å²) in [4.78, 5) is 37.9. The highest BCUT2D eigenvalue weighted by molar-refractivity contribution is 5.71. The van der Waals surface area contributed by atoms with Crippen molar-refractivity contribution in [2.75, 3.05) is 13.2 Å². The molecule has 350 valence electrons. The maximum absolute atomic E-state index is 12.8. The van der Waals surface area contributed by atoms with E-state index < -0.39 is 6.10 Å². The SMILES string of the molecule is CCCCC/C=C\C/C=C\C/C=C\CCCCCCC(=O)OC[C@H](COC(=O)CCCC/C=C\C/C=C\C/C=C\CCCCC)OC(=O)CCCCCCCCCCCCC. The topological polar surface area (TPSA) is 78.9 Å². The van der Waals surface area contributed by atoms with Gasteiger partial charge in [-0.05, 0) is 96.3 Å². The van der Waals surface area contributed by atoms with E-state index in [9.17, 15) is 14.4 Å². The number of allylic oxidation sites excluding steroid dienone is 12. The molecule has 0 aliphatic rings. The van der Waals surface area contributed by atoms with Crippen LogP contribution in [0.3, 0.4) is 0 Å². The molecular formula is C55H94O6. The average Bonchev–Trinajstić information content (AvgIpc) is 3.26. The quantitative estimate of drug-likeness (QED) is 0.0263. The van der Waals surface area contributed by atoms with E-state index in [1.807, 2.05) is 0 Å². The average molecular weight is 851 g/mol. The lowest BCUT2D eigenvalue weighted by atomic mass is 10.1. The fourth-order valence-corrected chi connectivity index (χ4v) is 6.81. The maximum Gasteiger partial charge on any atom is 0.306 e. The number of carbonyl (C=O) groups is 3. The molecule has 0 rings (SSSR count). The van der Waals surface area contributed by atoms with E-state index in [-0.39, 0.29) is 31.1 Å². The molecule has 0 radical (unpaired) electrons. The Labute approximate surface area is 376 Å². The van der Waals surface area contributed by atoms with Crippen LogP contribution in [0.25, 0.3) is 0 Å². The van der Waals surface area contributed by atoms with Gasteiger partial charge in [-0.15, -0.1) is 0 Å². The van der Waals surface area contributed by atoms with Gasteiger partial charge in [0.25, 0.3) is 0 Å². The molecule has 0 bridgehead atoms. The van der Waals surface area contributed by atoms with Crippen LogP contribution in [0.15, 0.2) is 72.9 Å². The molecule has 0 aliphatic heterocycles. The van der Waals surface area contributed by atoms with Crippen LogP contribution in [0.2, 0.25) is 0 Å². The Balaban J connectivity index is 4.45. The Hall–Kier alpha value is -3.15. The summed E-state index contributed by atoms with van der Waals surface area (Å²) in [6.45, 7) is 6.52. The minimum atomic E-state index is -0.797. The molecule has 61 heavy (non-hydrogen) atoms. The number of unbranched alkanes of at least 4 members (excludes halogenated alkanes) is 22. The second-order valence-electron chi connectivity index (χ2n) is 16.7. The first-order valence-electron chi connectivity index (χ1n) is 25.4. The van der Waals surface area contributed by atoms with Gasteiger partial charge in [0.2, 0.25) is 0 Å². The summed E-state index contributed by atoms with van der Waals surface area (Å²) < 4.78 is 16.7. The van der Waals surface area contributed by atoms with Crippen molar-refractivity contribution in [2.24, 2.45) is 0 Å². The van der Waals surface area contributed by atoms with E-state index in [0.29, 0.717) is 19.3 Å². The summed E-state index contributed by atoms with van der Waals surface area (Å²) in [6, 6.07) is 0. The van der Waals surface area contributed by atoms with E-state index in [2.05, 4.69) is 93.7 Å². The summed E-state index contributed by atoms with van der Waals surface area (Å²) >= 11 is 0. The first kappa shape index (κ1) is 57.9. The monoisotopic (exact) mass is 851 g/mol. The van der Waals surface area contributed by atoms with Crippen molar-refractivity contribution in [3.8, 4) is 0 Å². The molecule has 0 saturated heterocycles. The van der Waals surface area contributed by atoms with Gasteiger partial charge in [-0.3, -0.25) is 14.4 Å². The number of carbonyl (C=O) groups excluding carboxylic acids is 3. The Kier molecular flexibility index (Phi) is 46.9. The highest BCUT2D eigenvalue weighted by atomic mass is 16.6. The van der Waals surface area contributed by atoms with Gasteiger partial charge in [-0.2, -0.15) is 0 Å².